The van der Waals surface area contributed by atoms with Crippen LogP contribution in [-0.4, -0.2) is 36.7 Å². The van der Waals surface area contributed by atoms with Crippen molar-refractivity contribution < 1.29 is 19.4 Å². The fraction of sp³-hybridized carbons (Fsp3) is 0.818. The van der Waals surface area contributed by atoms with Crippen molar-refractivity contribution in [3.8, 4) is 0 Å². The molecule has 0 aromatic heterocycles. The lowest BCUT2D eigenvalue weighted by atomic mass is 10.1. The van der Waals surface area contributed by atoms with Gasteiger partial charge in [0.1, 0.15) is 0 Å². The molecule has 2 aliphatic rings. The van der Waals surface area contributed by atoms with Crippen LogP contribution in [0, 0.1) is 17.8 Å². The van der Waals surface area contributed by atoms with Gasteiger partial charge in [0.25, 0.3) is 0 Å². The standard InChI is InChI=1S/C11H17NO4/c1-16-11(15)8(13)5-12-10(14)9-6-3-2-4-7(6)9/h6-9,13H,2-5H2,1H3,(H,12,14). The molecule has 1 amide bonds. The summed E-state index contributed by atoms with van der Waals surface area (Å²) in [6, 6.07) is 0. The fourth-order valence-electron chi connectivity index (χ4n) is 2.74. The predicted octanol–water partition coefficient (Wildman–Crippen LogP) is -0.317. The molecule has 2 fully saturated rings. The van der Waals surface area contributed by atoms with Crippen LogP contribution in [0.3, 0.4) is 0 Å². The van der Waals surface area contributed by atoms with E-state index in [1.54, 1.807) is 0 Å². The minimum Gasteiger partial charge on any atom is -0.467 e. The molecule has 2 N–H and O–H groups in total. The number of fused-ring (bicyclic) bond motifs is 1. The van der Waals surface area contributed by atoms with Gasteiger partial charge in [-0.3, -0.25) is 4.79 Å². The Morgan fingerprint density at radius 1 is 1.44 bits per heavy atom. The van der Waals surface area contributed by atoms with Crippen LogP contribution >= 0.6 is 0 Å². The van der Waals surface area contributed by atoms with Crippen LogP contribution < -0.4 is 5.32 Å². The monoisotopic (exact) mass is 227 g/mol. The van der Waals surface area contributed by atoms with Crippen LogP contribution in [0.25, 0.3) is 0 Å². The van der Waals surface area contributed by atoms with E-state index in [0.717, 1.165) is 12.8 Å². The Morgan fingerprint density at radius 3 is 2.62 bits per heavy atom. The van der Waals surface area contributed by atoms with Crippen molar-refractivity contribution in [3.63, 3.8) is 0 Å². The molecule has 0 saturated heterocycles. The van der Waals surface area contributed by atoms with Crippen molar-refractivity contribution in [1.82, 2.24) is 5.32 Å². The Balaban J connectivity index is 1.71. The minimum atomic E-state index is -1.26. The van der Waals surface area contributed by atoms with Crippen LogP contribution in [0.1, 0.15) is 19.3 Å². The second kappa shape index (κ2) is 4.41. The van der Waals surface area contributed by atoms with Crippen LogP contribution in [-0.2, 0) is 14.3 Å². The van der Waals surface area contributed by atoms with Gasteiger partial charge in [-0.1, -0.05) is 6.42 Å². The molecule has 2 aliphatic carbocycles. The van der Waals surface area contributed by atoms with E-state index >= 15 is 0 Å². The van der Waals surface area contributed by atoms with Crippen molar-refractivity contribution >= 4 is 11.9 Å². The Bertz CT molecular complexity index is 294. The van der Waals surface area contributed by atoms with E-state index in [4.69, 9.17) is 0 Å². The first-order valence-electron chi connectivity index (χ1n) is 5.68. The third-order valence-corrected chi connectivity index (χ3v) is 3.65. The lowest BCUT2D eigenvalue weighted by molar-refractivity contribution is -0.150. The van der Waals surface area contributed by atoms with Gasteiger partial charge in [-0.25, -0.2) is 4.79 Å². The Kier molecular flexibility index (Phi) is 3.14. The predicted molar refractivity (Wildman–Crippen MR) is 55.4 cm³/mol. The molecule has 3 unspecified atom stereocenters. The summed E-state index contributed by atoms with van der Waals surface area (Å²) in [5, 5.41) is 11.9. The van der Waals surface area contributed by atoms with Crippen LogP contribution in [0.5, 0.6) is 0 Å². The molecule has 0 heterocycles. The number of esters is 1. The number of ether oxygens (including phenoxy) is 1. The Morgan fingerprint density at radius 2 is 2.06 bits per heavy atom. The van der Waals surface area contributed by atoms with Gasteiger partial charge >= 0.3 is 5.97 Å². The van der Waals surface area contributed by atoms with Crippen molar-refractivity contribution in [1.29, 1.82) is 0 Å². The first kappa shape index (κ1) is 11.4. The molecule has 0 aromatic carbocycles. The second-order valence-electron chi connectivity index (χ2n) is 4.57. The minimum absolute atomic E-state index is 0.0300. The van der Waals surface area contributed by atoms with Crippen LogP contribution in [0.4, 0.5) is 0 Å². The third-order valence-electron chi connectivity index (χ3n) is 3.65. The molecular formula is C11H17NO4. The summed E-state index contributed by atoms with van der Waals surface area (Å²) < 4.78 is 4.35. The number of carbonyl (C=O) groups excluding carboxylic acids is 2. The zero-order valence-electron chi connectivity index (χ0n) is 9.31. The maximum Gasteiger partial charge on any atom is 0.336 e. The van der Waals surface area contributed by atoms with Gasteiger partial charge in [-0.2, -0.15) is 0 Å². The van der Waals surface area contributed by atoms with Gasteiger partial charge in [-0.15, -0.1) is 0 Å². The maximum atomic E-state index is 11.7. The van der Waals surface area contributed by atoms with E-state index in [0.29, 0.717) is 11.8 Å². The van der Waals surface area contributed by atoms with Crippen molar-refractivity contribution in [2.45, 2.75) is 25.4 Å². The highest BCUT2D eigenvalue weighted by Gasteiger charge is 2.56. The number of nitrogens with one attached hydrogen (secondary N) is 1. The van der Waals surface area contributed by atoms with E-state index in [2.05, 4.69) is 10.1 Å². The number of rotatable bonds is 4. The molecule has 90 valence electrons. The number of carbonyl (C=O) groups is 2. The summed E-state index contributed by atoms with van der Waals surface area (Å²) in [4.78, 5) is 22.5. The number of methoxy groups -OCH3 is 1. The molecular weight excluding hydrogens is 210 g/mol. The molecule has 2 rings (SSSR count). The summed E-state index contributed by atoms with van der Waals surface area (Å²) in [5.74, 6) is 0.484. The highest BCUT2D eigenvalue weighted by atomic mass is 16.5. The molecule has 5 heteroatoms. The summed E-state index contributed by atoms with van der Waals surface area (Å²) in [7, 11) is 1.21. The fourth-order valence-corrected chi connectivity index (χ4v) is 2.74. The number of amides is 1. The normalized spacial score (nSPS) is 32.8. The van der Waals surface area contributed by atoms with Crippen molar-refractivity contribution in [3.05, 3.63) is 0 Å². The topological polar surface area (TPSA) is 75.6 Å². The van der Waals surface area contributed by atoms with Gasteiger partial charge in [0, 0.05) is 5.92 Å². The Hall–Kier alpha value is -1.10. The number of aliphatic hydroxyl groups excluding tert-OH is 1. The zero-order valence-corrected chi connectivity index (χ0v) is 9.31. The molecule has 2 saturated carbocycles. The highest BCUT2D eigenvalue weighted by Crippen LogP contribution is 2.57. The molecule has 3 atom stereocenters. The maximum absolute atomic E-state index is 11.7. The van der Waals surface area contributed by atoms with E-state index in [9.17, 15) is 14.7 Å². The molecule has 0 spiro atoms. The van der Waals surface area contributed by atoms with Crippen LogP contribution in [0.2, 0.25) is 0 Å². The van der Waals surface area contributed by atoms with Crippen molar-refractivity contribution in [2.75, 3.05) is 13.7 Å². The Labute approximate surface area is 94.2 Å². The molecule has 0 bridgehead atoms. The molecule has 0 radical (unpaired) electrons. The highest BCUT2D eigenvalue weighted by molar-refractivity contribution is 5.83. The third kappa shape index (κ3) is 2.04. The largest absolute Gasteiger partial charge is 0.467 e. The SMILES string of the molecule is COC(=O)C(O)CNC(=O)C1C2CCCC21. The van der Waals surface area contributed by atoms with Gasteiger partial charge < -0.3 is 15.2 Å². The van der Waals surface area contributed by atoms with E-state index < -0.39 is 12.1 Å². The quantitative estimate of drug-likeness (QED) is 0.646. The average molecular weight is 227 g/mol. The first-order valence-corrected chi connectivity index (χ1v) is 5.68. The van der Waals surface area contributed by atoms with E-state index in [1.165, 1.54) is 13.5 Å². The van der Waals surface area contributed by atoms with Crippen molar-refractivity contribution in [2.24, 2.45) is 17.8 Å². The molecule has 16 heavy (non-hydrogen) atoms. The number of hydrogen-bond donors (Lipinski definition) is 2. The second-order valence-corrected chi connectivity index (χ2v) is 4.57. The molecule has 0 aliphatic heterocycles. The van der Waals surface area contributed by atoms with Gasteiger partial charge in [-0.05, 0) is 24.7 Å². The summed E-state index contributed by atoms with van der Waals surface area (Å²) in [5.41, 5.74) is 0. The first-order chi connectivity index (χ1) is 7.65. The zero-order chi connectivity index (χ0) is 11.7. The summed E-state index contributed by atoms with van der Waals surface area (Å²) in [6.07, 6.45) is 2.25. The lowest BCUT2D eigenvalue weighted by Crippen LogP contribution is -2.38. The summed E-state index contributed by atoms with van der Waals surface area (Å²) >= 11 is 0. The summed E-state index contributed by atoms with van der Waals surface area (Å²) in [6.45, 7) is -0.0541. The van der Waals surface area contributed by atoms with Crippen LogP contribution in [0.15, 0.2) is 0 Å². The van der Waals surface area contributed by atoms with Gasteiger partial charge in [0.2, 0.25) is 5.91 Å². The number of hydrogen-bond acceptors (Lipinski definition) is 4. The van der Waals surface area contributed by atoms with E-state index in [-0.39, 0.29) is 18.4 Å². The average Bonchev–Trinajstić information content (AvgIpc) is 2.78. The van der Waals surface area contributed by atoms with Gasteiger partial charge in [0.15, 0.2) is 6.10 Å². The smallest absolute Gasteiger partial charge is 0.336 e. The van der Waals surface area contributed by atoms with E-state index in [1.807, 2.05) is 0 Å². The van der Waals surface area contributed by atoms with Gasteiger partial charge in [0.05, 0.1) is 13.7 Å². The number of aliphatic hydroxyl groups is 1. The molecule has 0 aromatic rings. The molecule has 5 nitrogen and oxygen atoms in total. The lowest BCUT2D eigenvalue weighted by Gasteiger charge is -2.10.